The Bertz CT molecular complexity index is 810. The van der Waals surface area contributed by atoms with Crippen molar-refractivity contribution in [3.8, 4) is 17.1 Å². The summed E-state index contributed by atoms with van der Waals surface area (Å²) >= 11 is 0. The molecule has 0 unspecified atom stereocenters. The molecule has 0 spiro atoms. The van der Waals surface area contributed by atoms with Crippen molar-refractivity contribution in [2.24, 2.45) is 5.10 Å². The normalized spacial score (nSPS) is 11.2. The van der Waals surface area contributed by atoms with Gasteiger partial charge in [-0.25, -0.2) is 4.98 Å². The van der Waals surface area contributed by atoms with E-state index in [-0.39, 0.29) is 0 Å². The van der Waals surface area contributed by atoms with E-state index in [9.17, 15) is 0 Å². The smallest absolute Gasteiger partial charge is 0.181 e. The van der Waals surface area contributed by atoms with Crippen LogP contribution in [0.3, 0.4) is 0 Å². The molecule has 0 fully saturated rings. The molecule has 0 aliphatic heterocycles. The summed E-state index contributed by atoms with van der Waals surface area (Å²) in [6.07, 6.45) is 4.88. The van der Waals surface area contributed by atoms with Gasteiger partial charge in [0, 0.05) is 12.1 Å². The number of hydrazone groups is 1. The molecular weight excluding hydrogens is 328 g/mol. The maximum atomic E-state index is 5.67. The van der Waals surface area contributed by atoms with E-state index in [1.54, 1.807) is 12.4 Å². The molecule has 0 aliphatic rings. The molecule has 1 heterocycles. The molecule has 3 rings (SSSR count). The second-order valence-corrected chi connectivity index (χ2v) is 6.03. The van der Waals surface area contributed by atoms with E-state index < -0.39 is 0 Å². The first-order valence-corrected chi connectivity index (χ1v) is 8.36. The molecule has 0 saturated heterocycles. The van der Waals surface area contributed by atoms with Crippen molar-refractivity contribution >= 4 is 11.9 Å². The Morgan fingerprint density at radius 1 is 1.12 bits per heavy atom. The third-order valence-corrected chi connectivity index (χ3v) is 3.70. The molecule has 1 N–H and O–H groups in total. The first-order chi connectivity index (χ1) is 12.7. The highest BCUT2D eigenvalue weighted by Crippen LogP contribution is 2.20. The number of aromatic nitrogens is 1. The van der Waals surface area contributed by atoms with Crippen LogP contribution in [0.5, 0.6) is 5.75 Å². The monoisotopic (exact) mass is 350 g/mol. The average Bonchev–Trinajstić information content (AvgIpc) is 3.18. The van der Waals surface area contributed by atoms with Crippen LogP contribution in [0.1, 0.15) is 5.56 Å². The summed E-state index contributed by atoms with van der Waals surface area (Å²) in [5.41, 5.74) is 5.88. The minimum absolute atomic E-state index is 0.673. The summed E-state index contributed by atoms with van der Waals surface area (Å²) in [4.78, 5) is 6.01. The van der Waals surface area contributed by atoms with Crippen molar-refractivity contribution < 1.29 is 9.15 Å². The maximum Gasteiger partial charge on any atom is 0.181 e. The molecule has 6 heteroatoms. The van der Waals surface area contributed by atoms with Gasteiger partial charge >= 0.3 is 0 Å². The van der Waals surface area contributed by atoms with Gasteiger partial charge in [-0.05, 0) is 68.2 Å². The van der Waals surface area contributed by atoms with Gasteiger partial charge in [-0.1, -0.05) is 0 Å². The number of hydrogen-bond donors (Lipinski definition) is 1. The largest absolute Gasteiger partial charge is 0.492 e. The fourth-order valence-corrected chi connectivity index (χ4v) is 2.24. The van der Waals surface area contributed by atoms with Gasteiger partial charge in [-0.2, -0.15) is 5.10 Å². The Hall–Kier alpha value is -3.12. The molecule has 0 aliphatic carbocycles. The van der Waals surface area contributed by atoms with Crippen molar-refractivity contribution in [3.63, 3.8) is 0 Å². The Labute approximate surface area is 153 Å². The van der Waals surface area contributed by atoms with Crippen molar-refractivity contribution in [2.75, 3.05) is 32.7 Å². The number of nitrogens with zero attached hydrogens (tertiary/aromatic N) is 3. The third kappa shape index (κ3) is 5.19. The molecule has 134 valence electrons. The number of oxazole rings is 1. The quantitative estimate of drug-likeness (QED) is 0.495. The number of nitrogens with one attached hydrogen (secondary N) is 1. The van der Waals surface area contributed by atoms with Gasteiger partial charge in [0.1, 0.15) is 12.4 Å². The first kappa shape index (κ1) is 17.7. The highest BCUT2D eigenvalue weighted by atomic mass is 16.5. The summed E-state index contributed by atoms with van der Waals surface area (Å²) < 4.78 is 10.9. The predicted molar refractivity (Wildman–Crippen MR) is 104 cm³/mol. The van der Waals surface area contributed by atoms with Gasteiger partial charge < -0.3 is 14.1 Å². The van der Waals surface area contributed by atoms with Gasteiger partial charge in [0.2, 0.25) is 0 Å². The van der Waals surface area contributed by atoms with Gasteiger partial charge in [0.15, 0.2) is 12.2 Å². The Morgan fingerprint density at radius 3 is 2.54 bits per heavy atom. The zero-order valence-electron chi connectivity index (χ0n) is 14.9. The van der Waals surface area contributed by atoms with Crippen molar-refractivity contribution in [1.29, 1.82) is 0 Å². The SMILES string of the molecule is CN(C)CCOc1ccc(/C=N/Nc2ccc(-c3cnco3)cc2)cc1. The third-order valence-electron chi connectivity index (χ3n) is 3.70. The van der Waals surface area contributed by atoms with Gasteiger partial charge in [0.05, 0.1) is 18.1 Å². The number of anilines is 1. The lowest BCUT2D eigenvalue weighted by molar-refractivity contribution is 0.261. The number of benzene rings is 2. The number of ether oxygens (including phenoxy) is 1. The molecule has 0 saturated carbocycles. The van der Waals surface area contributed by atoms with Crippen LogP contribution < -0.4 is 10.2 Å². The van der Waals surface area contributed by atoms with Crippen molar-refractivity contribution in [3.05, 3.63) is 66.7 Å². The average molecular weight is 350 g/mol. The summed E-state index contributed by atoms with van der Waals surface area (Å²) in [5.74, 6) is 1.60. The molecule has 0 amide bonds. The van der Waals surface area contributed by atoms with E-state index in [0.29, 0.717) is 6.61 Å². The molecule has 3 aromatic rings. The molecule has 0 radical (unpaired) electrons. The molecule has 26 heavy (non-hydrogen) atoms. The molecule has 1 aromatic heterocycles. The minimum Gasteiger partial charge on any atom is -0.492 e. The zero-order chi connectivity index (χ0) is 18.2. The van der Waals surface area contributed by atoms with Crippen LogP contribution in [0.4, 0.5) is 5.69 Å². The lowest BCUT2D eigenvalue weighted by atomic mass is 10.2. The van der Waals surface area contributed by atoms with Crippen LogP contribution in [0.25, 0.3) is 11.3 Å². The van der Waals surface area contributed by atoms with Crippen molar-refractivity contribution in [2.45, 2.75) is 0 Å². The summed E-state index contributed by atoms with van der Waals surface area (Å²) in [6, 6.07) is 15.6. The Kier molecular flexibility index (Phi) is 6.01. The molecule has 2 aromatic carbocycles. The van der Waals surface area contributed by atoms with E-state index in [0.717, 1.165) is 34.9 Å². The van der Waals surface area contributed by atoms with Crippen LogP contribution in [-0.2, 0) is 0 Å². The van der Waals surface area contributed by atoms with Crippen LogP contribution in [0.2, 0.25) is 0 Å². The lowest BCUT2D eigenvalue weighted by Crippen LogP contribution is -2.19. The number of hydrogen-bond acceptors (Lipinski definition) is 6. The number of rotatable bonds is 8. The fourth-order valence-electron chi connectivity index (χ4n) is 2.24. The molecular formula is C20H22N4O2. The van der Waals surface area contributed by atoms with Crippen LogP contribution in [-0.4, -0.2) is 43.3 Å². The highest BCUT2D eigenvalue weighted by Gasteiger charge is 2.00. The van der Waals surface area contributed by atoms with E-state index in [4.69, 9.17) is 9.15 Å². The second kappa shape index (κ2) is 8.82. The predicted octanol–water partition coefficient (Wildman–Crippen LogP) is 3.73. The van der Waals surface area contributed by atoms with Crippen LogP contribution in [0.15, 0.2) is 70.6 Å². The maximum absolute atomic E-state index is 5.67. The van der Waals surface area contributed by atoms with Crippen molar-refractivity contribution in [1.82, 2.24) is 9.88 Å². The van der Waals surface area contributed by atoms with Gasteiger partial charge in [-0.3, -0.25) is 5.43 Å². The first-order valence-electron chi connectivity index (χ1n) is 8.36. The second-order valence-electron chi connectivity index (χ2n) is 6.03. The topological polar surface area (TPSA) is 62.9 Å². The summed E-state index contributed by atoms with van der Waals surface area (Å²) in [7, 11) is 4.05. The Morgan fingerprint density at radius 2 is 1.88 bits per heavy atom. The summed E-state index contributed by atoms with van der Waals surface area (Å²) in [6.45, 7) is 1.56. The number of likely N-dealkylation sites (N-methyl/N-ethyl adjacent to an activating group) is 1. The van der Waals surface area contributed by atoms with Crippen LogP contribution >= 0.6 is 0 Å². The van der Waals surface area contributed by atoms with E-state index in [1.165, 1.54) is 6.39 Å². The molecule has 0 atom stereocenters. The van der Waals surface area contributed by atoms with Crippen LogP contribution in [0, 0.1) is 0 Å². The van der Waals surface area contributed by atoms with E-state index >= 15 is 0 Å². The zero-order valence-corrected chi connectivity index (χ0v) is 14.9. The summed E-state index contributed by atoms with van der Waals surface area (Å²) in [5, 5.41) is 4.26. The fraction of sp³-hybridized carbons (Fsp3) is 0.200. The van der Waals surface area contributed by atoms with E-state index in [2.05, 4.69) is 20.4 Å². The van der Waals surface area contributed by atoms with Gasteiger partial charge in [0.25, 0.3) is 0 Å². The Balaban J connectivity index is 1.50. The molecule has 0 bridgehead atoms. The molecule has 6 nitrogen and oxygen atoms in total. The standard InChI is InChI=1S/C20H22N4O2/c1-24(2)11-12-25-19-9-3-16(4-10-19)13-22-23-18-7-5-17(6-8-18)20-14-21-15-26-20/h3-10,13-15,23H,11-12H2,1-2H3/b22-13+. The van der Waals surface area contributed by atoms with E-state index in [1.807, 2.05) is 62.6 Å². The minimum atomic E-state index is 0.673. The lowest BCUT2D eigenvalue weighted by Gasteiger charge is -2.10. The van der Waals surface area contributed by atoms with Gasteiger partial charge in [-0.15, -0.1) is 0 Å². The highest BCUT2D eigenvalue weighted by molar-refractivity contribution is 5.80.